The molecule has 0 nitrogen and oxygen atoms in total. The molecule has 0 aromatic heterocycles. The van der Waals surface area contributed by atoms with Crippen molar-refractivity contribution >= 4 is 50.8 Å². The van der Waals surface area contributed by atoms with Crippen LogP contribution < -0.4 is 4.70 Å². The molecule has 2 rings (SSSR count). The minimum atomic E-state index is -2.31. The monoisotopic (exact) mass is 376 g/mol. The Kier molecular flexibility index (Phi) is 8.03. The van der Waals surface area contributed by atoms with Crippen molar-refractivity contribution in [3.63, 3.8) is 0 Å². The second-order valence-corrected chi connectivity index (χ2v) is 3.07. The first-order chi connectivity index (χ1) is 7.86. The number of halogens is 9. The van der Waals surface area contributed by atoms with Gasteiger partial charge in [-0.2, -0.15) is 0 Å². The van der Waals surface area contributed by atoms with E-state index in [9.17, 15) is 30.7 Å². The molecule has 0 aliphatic heterocycles. The molecule has 106 valence electrons. The summed E-state index contributed by atoms with van der Waals surface area (Å²) < 4.78 is 90.1. The van der Waals surface area contributed by atoms with Crippen molar-refractivity contribution < 1.29 is 35.4 Å². The Labute approximate surface area is 133 Å². The largest absolute Gasteiger partial charge is 2.00 e. The van der Waals surface area contributed by atoms with Crippen molar-refractivity contribution in [2.24, 2.45) is 0 Å². The number of rotatable bonds is 0. The predicted molar refractivity (Wildman–Crippen MR) is 58.6 cm³/mol. The molecule has 20 heavy (non-hydrogen) atoms. The zero-order chi connectivity index (χ0) is 12.9. The third-order valence-electron chi connectivity index (χ3n) is 2.11. The fourth-order valence-electron chi connectivity index (χ4n) is 1.33. The van der Waals surface area contributed by atoms with E-state index >= 15 is 0 Å². The summed E-state index contributed by atoms with van der Waals surface area (Å²) >= 11 is 0. The van der Waals surface area contributed by atoms with E-state index in [4.69, 9.17) is 0 Å². The second kappa shape index (κ2) is 7.41. The average Bonchev–Trinajstić information content (AvgIpc) is 2.30. The standard InChI is InChI=1S/C10F7.BrH.FH.Mg/c11-3-1-2-4(7(14)6(3)13)8(15)10(17)9(16)5(2)12;;;/h;2*1H;/q-1;;;+2/p-1. The maximum atomic E-state index is 13.1. The topological polar surface area (TPSA) is 0 Å². The predicted octanol–water partition coefficient (Wildman–Crippen LogP) is 0.815. The van der Waals surface area contributed by atoms with Gasteiger partial charge < -0.3 is 4.70 Å². The van der Waals surface area contributed by atoms with Crippen LogP contribution in [0.2, 0.25) is 0 Å². The van der Waals surface area contributed by atoms with Gasteiger partial charge in [-0.1, -0.05) is 11.5 Å². The van der Waals surface area contributed by atoms with E-state index in [-0.39, 0.29) is 44.7 Å². The fourth-order valence-corrected chi connectivity index (χ4v) is 1.33. The number of hydrogen-bond donors (Lipinski definition) is 0. The van der Waals surface area contributed by atoms with Crippen LogP contribution >= 0.6 is 17.0 Å². The van der Waals surface area contributed by atoms with Gasteiger partial charge in [-0.15, -0.1) is 17.0 Å². The van der Waals surface area contributed by atoms with Crippen LogP contribution in [0.3, 0.4) is 0 Å². The zero-order valence-electron chi connectivity index (χ0n) is 9.14. The van der Waals surface area contributed by atoms with Crippen molar-refractivity contribution in [3.05, 3.63) is 46.8 Å². The Morgan fingerprint density at radius 3 is 1.50 bits per heavy atom. The third kappa shape index (κ3) is 3.01. The molecule has 0 bridgehead atoms. The van der Waals surface area contributed by atoms with Gasteiger partial charge in [0.15, 0.2) is 11.6 Å². The molecule has 0 radical (unpaired) electrons. The van der Waals surface area contributed by atoms with Gasteiger partial charge in [-0.25, -0.2) is 22.0 Å². The van der Waals surface area contributed by atoms with E-state index in [1.807, 2.05) is 0 Å². The van der Waals surface area contributed by atoms with Crippen LogP contribution in [0.5, 0.6) is 0 Å². The summed E-state index contributed by atoms with van der Waals surface area (Å²) in [6, 6.07) is 1.27. The van der Waals surface area contributed by atoms with E-state index in [1.54, 1.807) is 0 Å². The molecule has 0 atom stereocenters. The van der Waals surface area contributed by atoms with Crippen LogP contribution in [0.1, 0.15) is 0 Å². The summed E-state index contributed by atoms with van der Waals surface area (Å²) in [4.78, 5) is 0. The summed E-state index contributed by atoms with van der Waals surface area (Å²) in [7, 11) is 0. The van der Waals surface area contributed by atoms with Gasteiger partial charge in [0, 0.05) is 0 Å². The van der Waals surface area contributed by atoms with E-state index in [1.165, 1.54) is 6.07 Å². The summed E-state index contributed by atoms with van der Waals surface area (Å²) in [6.07, 6.45) is 0. The van der Waals surface area contributed by atoms with Gasteiger partial charge >= 0.3 is 23.1 Å². The molecule has 0 amide bonds. The first-order valence-corrected chi connectivity index (χ1v) is 4.07. The fraction of sp³-hybridized carbons (Fsp3) is 0. The van der Waals surface area contributed by atoms with Crippen molar-refractivity contribution in [1.82, 2.24) is 0 Å². The quantitative estimate of drug-likeness (QED) is 0.210. The molecular formula is C10HBrF8Mg. The molecule has 2 aromatic rings. The Bertz CT molecular complexity index is 637. The Morgan fingerprint density at radius 1 is 0.600 bits per heavy atom. The zero-order valence-corrected chi connectivity index (χ0v) is 12.3. The van der Waals surface area contributed by atoms with E-state index < -0.39 is 51.5 Å². The van der Waals surface area contributed by atoms with Crippen molar-refractivity contribution in [3.8, 4) is 0 Å². The average molecular weight is 377 g/mol. The number of fused-ring (bicyclic) bond motifs is 1. The molecule has 0 saturated heterocycles. The summed E-state index contributed by atoms with van der Waals surface area (Å²) in [5.41, 5.74) is 0. The summed E-state index contributed by atoms with van der Waals surface area (Å²) in [5.74, 6) is -15.0. The van der Waals surface area contributed by atoms with E-state index in [2.05, 4.69) is 0 Å². The number of hydrogen-bond acceptors (Lipinski definition) is 0. The van der Waals surface area contributed by atoms with Crippen LogP contribution in [0, 0.1) is 46.8 Å². The normalized spacial score (nSPS) is 9.55. The van der Waals surface area contributed by atoms with Gasteiger partial charge in [0.1, 0.15) is 11.6 Å². The molecule has 10 heteroatoms. The first kappa shape index (κ1) is 21.7. The Hall–Kier alpha value is -0.614. The molecule has 0 heterocycles. The van der Waals surface area contributed by atoms with Crippen molar-refractivity contribution in [2.45, 2.75) is 0 Å². The van der Waals surface area contributed by atoms with Crippen molar-refractivity contribution in [2.75, 3.05) is 0 Å². The van der Waals surface area contributed by atoms with Crippen LogP contribution in [0.15, 0.2) is 0 Å². The third-order valence-corrected chi connectivity index (χ3v) is 2.11. The number of benzene rings is 2. The van der Waals surface area contributed by atoms with E-state index in [0.29, 0.717) is 0 Å². The Balaban J connectivity index is 0. The van der Waals surface area contributed by atoms with Gasteiger partial charge in [0.2, 0.25) is 0 Å². The molecule has 0 spiro atoms. The molecule has 0 aliphatic carbocycles. The van der Waals surface area contributed by atoms with E-state index in [0.717, 1.165) is 0 Å². The second-order valence-electron chi connectivity index (χ2n) is 3.07. The molecule has 0 N–H and O–H groups in total. The molecule has 0 unspecified atom stereocenters. The molecule has 0 saturated carbocycles. The van der Waals surface area contributed by atoms with Crippen LogP contribution in [-0.4, -0.2) is 23.1 Å². The SMILES string of the molecule is Br.Fc1[c-]c2c(F)c(F)c(F)c(F)c2c(F)c1F.[F-].[Mg+2]. The summed E-state index contributed by atoms with van der Waals surface area (Å²) in [6.45, 7) is 0. The van der Waals surface area contributed by atoms with Crippen LogP contribution in [-0.2, 0) is 0 Å². The molecule has 0 aliphatic rings. The van der Waals surface area contributed by atoms with Gasteiger partial charge in [0.25, 0.3) is 0 Å². The maximum Gasteiger partial charge on any atom is 2.00 e. The molecule has 2 aromatic carbocycles. The van der Waals surface area contributed by atoms with Crippen LogP contribution in [0.4, 0.5) is 30.7 Å². The van der Waals surface area contributed by atoms with Gasteiger partial charge in [0.05, 0.1) is 17.5 Å². The van der Waals surface area contributed by atoms with Crippen LogP contribution in [0.25, 0.3) is 10.8 Å². The minimum absolute atomic E-state index is 0. The maximum absolute atomic E-state index is 13.1. The first-order valence-electron chi connectivity index (χ1n) is 4.07. The minimum Gasteiger partial charge on any atom is -1.00 e. The van der Waals surface area contributed by atoms with Crippen molar-refractivity contribution in [1.29, 1.82) is 0 Å². The van der Waals surface area contributed by atoms with Gasteiger partial charge in [-0.3, -0.25) is 8.78 Å². The Morgan fingerprint density at radius 2 is 1.00 bits per heavy atom. The molecule has 0 fully saturated rings. The summed E-state index contributed by atoms with van der Waals surface area (Å²) in [5, 5.41) is -2.86. The molecular weight excluding hydrogens is 376 g/mol. The van der Waals surface area contributed by atoms with Gasteiger partial charge in [-0.05, 0) is 5.39 Å². The smallest absolute Gasteiger partial charge is 1.00 e.